The van der Waals surface area contributed by atoms with E-state index >= 15 is 0 Å². The highest BCUT2D eigenvalue weighted by molar-refractivity contribution is 4.53. The Bertz CT molecular complexity index is 87.6. The van der Waals surface area contributed by atoms with Gasteiger partial charge in [0.2, 0.25) is 0 Å². The lowest BCUT2D eigenvalue weighted by Crippen LogP contribution is -2.32. The minimum absolute atomic E-state index is 0.460. The Morgan fingerprint density at radius 3 is 2.70 bits per heavy atom. The topological polar surface area (TPSA) is 21.7 Å². The molecular weight excluding hydrogens is 130 g/mol. The number of nitrogens with zero attached hydrogens (tertiary/aromatic N) is 1. The van der Waals surface area contributed by atoms with Gasteiger partial charge in [0.15, 0.2) is 0 Å². The van der Waals surface area contributed by atoms with Gasteiger partial charge in [0, 0.05) is 12.6 Å². The fraction of sp³-hybridized carbons (Fsp3) is 1.00. The molecule has 0 aliphatic carbocycles. The summed E-state index contributed by atoms with van der Waals surface area (Å²) in [7, 11) is 0. The van der Waals surface area contributed by atoms with E-state index in [4.69, 9.17) is 9.57 Å². The zero-order chi connectivity index (χ0) is 7.40. The molecule has 0 spiro atoms. The standard InChI is InChI=1S/C7H15NO2/c1-7(2)8-3-4-9-5-6-10-8/h7H,3-6H2,1-2H3. The van der Waals surface area contributed by atoms with Crippen molar-refractivity contribution < 1.29 is 9.57 Å². The Labute approximate surface area is 61.9 Å². The molecule has 1 fully saturated rings. The van der Waals surface area contributed by atoms with Gasteiger partial charge in [0.05, 0.1) is 19.8 Å². The molecule has 1 aliphatic heterocycles. The van der Waals surface area contributed by atoms with Gasteiger partial charge in [0.25, 0.3) is 0 Å². The van der Waals surface area contributed by atoms with E-state index in [2.05, 4.69) is 13.8 Å². The number of hydroxylamine groups is 2. The van der Waals surface area contributed by atoms with Crippen LogP contribution in [0.3, 0.4) is 0 Å². The maximum atomic E-state index is 5.37. The van der Waals surface area contributed by atoms with Gasteiger partial charge >= 0.3 is 0 Å². The van der Waals surface area contributed by atoms with E-state index in [1.807, 2.05) is 5.06 Å². The zero-order valence-electron chi connectivity index (χ0n) is 6.67. The van der Waals surface area contributed by atoms with Crippen molar-refractivity contribution in [3.8, 4) is 0 Å². The Kier molecular flexibility index (Phi) is 3.12. The summed E-state index contributed by atoms with van der Waals surface area (Å²) in [5, 5.41) is 1.97. The molecule has 1 aliphatic rings. The largest absolute Gasteiger partial charge is 0.378 e. The summed E-state index contributed by atoms with van der Waals surface area (Å²) in [4.78, 5) is 5.37. The summed E-state index contributed by atoms with van der Waals surface area (Å²) in [6.45, 7) is 7.33. The minimum Gasteiger partial charge on any atom is -0.378 e. The molecule has 3 nitrogen and oxygen atoms in total. The first-order valence-electron chi connectivity index (χ1n) is 3.78. The summed E-state index contributed by atoms with van der Waals surface area (Å²) in [5.41, 5.74) is 0. The molecule has 0 amide bonds. The molecule has 3 heteroatoms. The van der Waals surface area contributed by atoms with Crippen LogP contribution in [-0.4, -0.2) is 37.5 Å². The van der Waals surface area contributed by atoms with E-state index in [-0.39, 0.29) is 0 Å². The number of hydrogen-bond donors (Lipinski definition) is 0. The summed E-state index contributed by atoms with van der Waals surface area (Å²) in [6.07, 6.45) is 0. The van der Waals surface area contributed by atoms with Crippen LogP contribution in [0.15, 0.2) is 0 Å². The molecule has 10 heavy (non-hydrogen) atoms. The molecule has 0 N–H and O–H groups in total. The third-order valence-electron chi connectivity index (χ3n) is 1.52. The van der Waals surface area contributed by atoms with Gasteiger partial charge in [-0.05, 0) is 13.8 Å². The van der Waals surface area contributed by atoms with Crippen molar-refractivity contribution in [2.75, 3.05) is 26.4 Å². The maximum Gasteiger partial charge on any atom is 0.0919 e. The molecule has 0 bridgehead atoms. The van der Waals surface area contributed by atoms with E-state index in [9.17, 15) is 0 Å². The summed E-state index contributed by atoms with van der Waals surface area (Å²) < 4.78 is 5.21. The van der Waals surface area contributed by atoms with E-state index < -0.39 is 0 Å². The van der Waals surface area contributed by atoms with E-state index in [0.29, 0.717) is 12.6 Å². The quantitative estimate of drug-likeness (QED) is 0.541. The van der Waals surface area contributed by atoms with Crippen LogP contribution < -0.4 is 0 Å². The van der Waals surface area contributed by atoms with Crippen LogP contribution in [0, 0.1) is 0 Å². The highest BCUT2D eigenvalue weighted by Crippen LogP contribution is 2.01. The highest BCUT2D eigenvalue weighted by Gasteiger charge is 2.11. The molecule has 0 aromatic rings. The van der Waals surface area contributed by atoms with Gasteiger partial charge in [-0.1, -0.05) is 0 Å². The average Bonchev–Trinajstić information content (AvgIpc) is 2.12. The third-order valence-corrected chi connectivity index (χ3v) is 1.52. The Morgan fingerprint density at radius 1 is 1.20 bits per heavy atom. The van der Waals surface area contributed by atoms with Crippen LogP contribution in [0.4, 0.5) is 0 Å². The van der Waals surface area contributed by atoms with Crippen molar-refractivity contribution in [2.45, 2.75) is 19.9 Å². The Hall–Kier alpha value is -0.120. The molecule has 0 unspecified atom stereocenters. The second kappa shape index (κ2) is 3.91. The van der Waals surface area contributed by atoms with E-state index in [1.165, 1.54) is 0 Å². The lowest BCUT2D eigenvalue weighted by Gasteiger charge is -2.22. The first kappa shape index (κ1) is 7.98. The van der Waals surface area contributed by atoms with Gasteiger partial charge < -0.3 is 4.74 Å². The van der Waals surface area contributed by atoms with Gasteiger partial charge in [-0.25, -0.2) is 0 Å². The lowest BCUT2D eigenvalue weighted by atomic mass is 10.4. The van der Waals surface area contributed by atoms with Gasteiger partial charge in [-0.3, -0.25) is 4.84 Å². The van der Waals surface area contributed by atoms with Crippen LogP contribution in [0.1, 0.15) is 13.8 Å². The van der Waals surface area contributed by atoms with E-state index in [0.717, 1.165) is 19.8 Å². The molecule has 0 aromatic heterocycles. The molecule has 0 atom stereocenters. The Balaban J connectivity index is 2.28. The van der Waals surface area contributed by atoms with Crippen LogP contribution in [0.2, 0.25) is 0 Å². The Morgan fingerprint density at radius 2 is 2.00 bits per heavy atom. The van der Waals surface area contributed by atoms with Crippen molar-refractivity contribution in [3.05, 3.63) is 0 Å². The summed E-state index contributed by atoms with van der Waals surface area (Å²) in [5.74, 6) is 0. The molecular formula is C7H15NO2. The van der Waals surface area contributed by atoms with Crippen LogP contribution in [0.5, 0.6) is 0 Å². The van der Waals surface area contributed by atoms with Crippen molar-refractivity contribution in [2.24, 2.45) is 0 Å². The van der Waals surface area contributed by atoms with Crippen LogP contribution >= 0.6 is 0 Å². The molecule has 1 saturated heterocycles. The van der Waals surface area contributed by atoms with Crippen molar-refractivity contribution in [1.82, 2.24) is 5.06 Å². The molecule has 0 saturated carbocycles. The SMILES string of the molecule is CC(C)N1CCOCCO1. The fourth-order valence-electron chi connectivity index (χ4n) is 0.942. The molecule has 60 valence electrons. The fourth-order valence-corrected chi connectivity index (χ4v) is 0.942. The second-order valence-electron chi connectivity index (χ2n) is 2.68. The highest BCUT2D eigenvalue weighted by atomic mass is 16.7. The predicted molar refractivity (Wildman–Crippen MR) is 38.6 cm³/mol. The monoisotopic (exact) mass is 145 g/mol. The average molecular weight is 145 g/mol. The van der Waals surface area contributed by atoms with Crippen molar-refractivity contribution in [3.63, 3.8) is 0 Å². The van der Waals surface area contributed by atoms with Gasteiger partial charge in [-0.15, -0.1) is 0 Å². The van der Waals surface area contributed by atoms with E-state index in [1.54, 1.807) is 0 Å². The van der Waals surface area contributed by atoms with Gasteiger partial charge in [0.1, 0.15) is 0 Å². The second-order valence-corrected chi connectivity index (χ2v) is 2.68. The number of ether oxygens (including phenoxy) is 1. The van der Waals surface area contributed by atoms with Gasteiger partial charge in [-0.2, -0.15) is 5.06 Å². The smallest absolute Gasteiger partial charge is 0.0919 e. The van der Waals surface area contributed by atoms with Crippen molar-refractivity contribution >= 4 is 0 Å². The predicted octanol–water partition coefficient (Wildman–Crippen LogP) is 0.659. The third kappa shape index (κ3) is 2.25. The minimum atomic E-state index is 0.460. The van der Waals surface area contributed by atoms with Crippen LogP contribution in [-0.2, 0) is 9.57 Å². The molecule has 0 aromatic carbocycles. The number of rotatable bonds is 1. The molecule has 1 rings (SSSR count). The summed E-state index contributed by atoms with van der Waals surface area (Å²) in [6, 6.07) is 0.460. The maximum absolute atomic E-state index is 5.37. The molecule has 1 heterocycles. The van der Waals surface area contributed by atoms with Crippen molar-refractivity contribution in [1.29, 1.82) is 0 Å². The first-order chi connectivity index (χ1) is 4.80. The van der Waals surface area contributed by atoms with Crippen LogP contribution in [0.25, 0.3) is 0 Å². The summed E-state index contributed by atoms with van der Waals surface area (Å²) >= 11 is 0. The first-order valence-corrected chi connectivity index (χ1v) is 3.78. The lowest BCUT2D eigenvalue weighted by molar-refractivity contribution is -0.168. The number of hydrogen-bond acceptors (Lipinski definition) is 3. The molecule has 0 radical (unpaired) electrons. The zero-order valence-corrected chi connectivity index (χ0v) is 6.67. The normalized spacial score (nSPS) is 23.1.